The number of benzene rings is 4. The van der Waals surface area contributed by atoms with Crippen LogP contribution in [0.4, 0.5) is 0 Å². The third-order valence-electron chi connectivity index (χ3n) is 6.41. The predicted octanol–water partition coefficient (Wildman–Crippen LogP) is 8.31. The van der Waals surface area contributed by atoms with Crippen molar-refractivity contribution in [3.05, 3.63) is 127 Å². The zero-order chi connectivity index (χ0) is 24.6. The highest BCUT2D eigenvalue weighted by molar-refractivity contribution is 9.10. The molecular weight excluding hydrogens is 580 g/mol. The lowest BCUT2D eigenvalue weighted by atomic mass is 9.95. The van der Waals surface area contributed by atoms with E-state index in [-0.39, 0.29) is 5.78 Å². The van der Waals surface area contributed by atoms with E-state index in [2.05, 4.69) is 44.0 Å². The third kappa shape index (κ3) is 4.57. The first-order valence-corrected chi connectivity index (χ1v) is 13.1. The molecule has 4 aromatic rings. The van der Waals surface area contributed by atoms with E-state index >= 15 is 0 Å². The molecule has 2 heterocycles. The molecule has 4 aromatic carbocycles. The van der Waals surface area contributed by atoms with Crippen LogP contribution in [-0.2, 0) is 0 Å². The van der Waals surface area contributed by atoms with Crippen LogP contribution in [0.3, 0.4) is 0 Å². The summed E-state index contributed by atoms with van der Waals surface area (Å²) in [7, 11) is 0. The van der Waals surface area contributed by atoms with Crippen LogP contribution in [0.15, 0.2) is 93.9 Å². The second-order valence-corrected chi connectivity index (χ2v) is 10.6. The lowest BCUT2D eigenvalue weighted by Crippen LogP contribution is -2.08. The monoisotopic (exact) mass is 598 g/mol. The Bertz CT molecular complexity index is 1430. The Hall–Kier alpha value is -3.41. The first-order valence-electron chi connectivity index (χ1n) is 11.5. The number of ketones is 1. The first-order chi connectivity index (χ1) is 17.5. The fourth-order valence-corrected chi connectivity index (χ4v) is 5.23. The summed E-state index contributed by atoms with van der Waals surface area (Å²) >= 11 is 7.03. The van der Waals surface area contributed by atoms with Crippen molar-refractivity contribution in [3.63, 3.8) is 0 Å². The van der Waals surface area contributed by atoms with Crippen molar-refractivity contribution in [2.24, 2.45) is 0 Å². The highest BCUT2D eigenvalue weighted by Crippen LogP contribution is 2.34. The molecule has 0 saturated carbocycles. The molecular formula is C31H20Br2O3. The maximum Gasteiger partial charge on any atom is 0.193 e. The molecule has 5 heteroatoms. The van der Waals surface area contributed by atoms with Crippen molar-refractivity contribution in [3.8, 4) is 11.5 Å². The van der Waals surface area contributed by atoms with Gasteiger partial charge in [0, 0.05) is 31.2 Å². The quantitative estimate of drug-likeness (QED) is 0.221. The van der Waals surface area contributed by atoms with Crippen LogP contribution in [0.5, 0.6) is 11.5 Å². The van der Waals surface area contributed by atoms with Crippen LogP contribution >= 0.6 is 31.9 Å². The van der Waals surface area contributed by atoms with Crippen molar-refractivity contribution >= 4 is 60.9 Å². The van der Waals surface area contributed by atoms with Gasteiger partial charge in [0.15, 0.2) is 5.78 Å². The summed E-state index contributed by atoms with van der Waals surface area (Å²) in [6.45, 7) is 1.01. The van der Waals surface area contributed by atoms with Crippen LogP contribution in [0.1, 0.15) is 38.2 Å². The van der Waals surface area contributed by atoms with Gasteiger partial charge in [0.2, 0.25) is 0 Å². The number of hydrogen-bond donors (Lipinski definition) is 0. The summed E-state index contributed by atoms with van der Waals surface area (Å²) in [5.41, 5.74) is 7.66. The van der Waals surface area contributed by atoms with Crippen molar-refractivity contribution in [1.82, 2.24) is 0 Å². The van der Waals surface area contributed by atoms with Crippen molar-refractivity contribution in [2.45, 2.75) is 0 Å². The molecule has 3 nitrogen and oxygen atoms in total. The van der Waals surface area contributed by atoms with Gasteiger partial charge >= 0.3 is 0 Å². The van der Waals surface area contributed by atoms with Crippen molar-refractivity contribution in [1.29, 1.82) is 0 Å². The number of rotatable bonds is 4. The summed E-state index contributed by atoms with van der Waals surface area (Å²) < 4.78 is 13.8. The predicted molar refractivity (Wildman–Crippen MR) is 151 cm³/mol. The highest BCUT2D eigenvalue weighted by atomic mass is 79.9. The van der Waals surface area contributed by atoms with Crippen LogP contribution in [0.25, 0.3) is 23.3 Å². The van der Waals surface area contributed by atoms with E-state index in [1.165, 1.54) is 0 Å². The number of carbonyl (C=O) groups is 1. The first kappa shape index (κ1) is 23.0. The standard InChI is InChI=1S/C31H20Br2O3/c32-27-9-11-29-23(15-27)13-25(17-35-29)19-1-5-21(6-2-19)31(34)22-7-3-20(4-8-22)26-14-24-16-28(33)10-12-30(24)36-18-26/h1-16H,17-18H2. The van der Waals surface area contributed by atoms with E-state index in [1.54, 1.807) is 0 Å². The van der Waals surface area contributed by atoms with Gasteiger partial charge in [-0.15, -0.1) is 0 Å². The van der Waals surface area contributed by atoms with E-state index in [1.807, 2.05) is 84.9 Å². The average Bonchev–Trinajstić information content (AvgIpc) is 2.92. The lowest BCUT2D eigenvalue weighted by Gasteiger charge is -2.19. The van der Waals surface area contributed by atoms with Gasteiger partial charge in [0.05, 0.1) is 0 Å². The van der Waals surface area contributed by atoms with Gasteiger partial charge in [-0.2, -0.15) is 0 Å². The van der Waals surface area contributed by atoms with E-state index < -0.39 is 0 Å². The van der Waals surface area contributed by atoms with Gasteiger partial charge in [-0.05, 0) is 70.8 Å². The fourth-order valence-electron chi connectivity index (χ4n) is 4.47. The topological polar surface area (TPSA) is 35.5 Å². The molecule has 0 amide bonds. The Kier molecular flexibility index (Phi) is 6.12. The molecule has 0 N–H and O–H groups in total. The lowest BCUT2D eigenvalue weighted by molar-refractivity contribution is 0.103. The summed E-state index contributed by atoms with van der Waals surface area (Å²) in [4.78, 5) is 13.1. The molecule has 0 aromatic heterocycles. The minimum atomic E-state index is -0.000556. The third-order valence-corrected chi connectivity index (χ3v) is 7.39. The number of ether oxygens (including phenoxy) is 2. The highest BCUT2D eigenvalue weighted by Gasteiger charge is 2.16. The molecule has 0 aliphatic carbocycles. The van der Waals surface area contributed by atoms with E-state index in [0.29, 0.717) is 24.3 Å². The molecule has 6 rings (SSSR count). The van der Waals surface area contributed by atoms with Gasteiger partial charge < -0.3 is 9.47 Å². The Labute approximate surface area is 226 Å². The van der Waals surface area contributed by atoms with Gasteiger partial charge in [-0.3, -0.25) is 4.79 Å². The summed E-state index contributed by atoms with van der Waals surface area (Å²) in [6, 6.07) is 27.5. The molecule has 0 unspecified atom stereocenters. The van der Waals surface area contributed by atoms with Gasteiger partial charge in [0.1, 0.15) is 24.7 Å². The van der Waals surface area contributed by atoms with Gasteiger partial charge in [-0.25, -0.2) is 0 Å². The van der Waals surface area contributed by atoms with Crippen LogP contribution < -0.4 is 9.47 Å². The van der Waals surface area contributed by atoms with E-state index in [0.717, 1.165) is 53.8 Å². The normalized spacial score (nSPS) is 13.9. The van der Waals surface area contributed by atoms with Crippen LogP contribution in [0.2, 0.25) is 0 Å². The van der Waals surface area contributed by atoms with Gasteiger partial charge in [-0.1, -0.05) is 80.4 Å². The zero-order valence-electron chi connectivity index (χ0n) is 19.1. The maximum atomic E-state index is 13.1. The Morgan fingerprint density at radius 2 is 1.00 bits per heavy atom. The maximum absolute atomic E-state index is 13.1. The molecule has 0 atom stereocenters. The van der Waals surface area contributed by atoms with Crippen LogP contribution in [0, 0.1) is 0 Å². The van der Waals surface area contributed by atoms with Gasteiger partial charge in [0.25, 0.3) is 0 Å². The molecule has 2 aliphatic rings. The number of hydrogen-bond acceptors (Lipinski definition) is 3. The molecule has 0 bridgehead atoms. The fraction of sp³-hybridized carbons (Fsp3) is 0.0645. The Morgan fingerprint density at radius 3 is 1.42 bits per heavy atom. The molecule has 0 fully saturated rings. The summed E-state index contributed by atoms with van der Waals surface area (Å²) in [6.07, 6.45) is 4.28. The van der Waals surface area contributed by atoms with Crippen molar-refractivity contribution in [2.75, 3.05) is 13.2 Å². The molecule has 176 valence electrons. The minimum Gasteiger partial charge on any atom is -0.488 e. The molecule has 0 radical (unpaired) electrons. The minimum absolute atomic E-state index is 0.000556. The summed E-state index contributed by atoms with van der Waals surface area (Å²) in [5, 5.41) is 0. The average molecular weight is 600 g/mol. The molecule has 0 saturated heterocycles. The van der Waals surface area contributed by atoms with E-state index in [9.17, 15) is 4.79 Å². The second kappa shape index (κ2) is 9.57. The molecule has 36 heavy (non-hydrogen) atoms. The number of fused-ring (bicyclic) bond motifs is 2. The second-order valence-electron chi connectivity index (χ2n) is 8.76. The Morgan fingerprint density at radius 1 is 0.583 bits per heavy atom. The largest absolute Gasteiger partial charge is 0.488 e. The number of halogens is 2. The Balaban J connectivity index is 1.20. The molecule has 0 spiro atoms. The molecule has 2 aliphatic heterocycles. The number of carbonyl (C=O) groups excluding carboxylic acids is 1. The van der Waals surface area contributed by atoms with E-state index in [4.69, 9.17) is 9.47 Å². The summed E-state index contributed by atoms with van der Waals surface area (Å²) in [5.74, 6) is 1.76. The van der Waals surface area contributed by atoms with Crippen LogP contribution in [-0.4, -0.2) is 19.0 Å². The SMILES string of the molecule is O=C(c1ccc(C2=Cc3cc(Br)ccc3OC2)cc1)c1ccc(C2=Cc3cc(Br)ccc3OC2)cc1. The zero-order valence-corrected chi connectivity index (χ0v) is 22.3. The van der Waals surface area contributed by atoms with Crippen molar-refractivity contribution < 1.29 is 14.3 Å². The smallest absolute Gasteiger partial charge is 0.193 e.